The van der Waals surface area contributed by atoms with Crippen LogP contribution in [0.15, 0.2) is 29.4 Å². The van der Waals surface area contributed by atoms with Crippen molar-refractivity contribution in [2.24, 2.45) is 7.05 Å². The molecule has 8 nitrogen and oxygen atoms in total. The molecule has 1 amide bonds. The summed E-state index contributed by atoms with van der Waals surface area (Å²) in [6, 6.07) is 3.19. The molecule has 1 N–H and O–H groups in total. The van der Waals surface area contributed by atoms with Crippen molar-refractivity contribution >= 4 is 21.7 Å². The van der Waals surface area contributed by atoms with E-state index in [2.05, 4.69) is 17.3 Å². The minimum absolute atomic E-state index is 0.163. The second-order valence-electron chi connectivity index (χ2n) is 6.88. The number of carbonyl (C=O) groups is 1. The monoisotopic (exact) mass is 393 g/mol. The lowest BCUT2D eigenvalue weighted by Gasteiger charge is -2.25. The summed E-state index contributed by atoms with van der Waals surface area (Å²) in [6.07, 6.45) is 7.95. The normalized spacial score (nSPS) is 15.8. The highest BCUT2D eigenvalue weighted by molar-refractivity contribution is 7.89. The van der Waals surface area contributed by atoms with E-state index in [4.69, 9.17) is 0 Å². The predicted molar refractivity (Wildman–Crippen MR) is 103 cm³/mol. The number of amides is 1. The van der Waals surface area contributed by atoms with Crippen LogP contribution in [-0.4, -0.2) is 46.1 Å². The Morgan fingerprint density at radius 1 is 1.26 bits per heavy atom. The SMILES string of the molecule is CCCCn1nccc1NC(=O)c1cc(S(=O)(=O)N2CCCCC2)cn1C. The van der Waals surface area contributed by atoms with Crippen LogP contribution in [0, 0.1) is 0 Å². The van der Waals surface area contributed by atoms with Crippen molar-refractivity contribution in [2.75, 3.05) is 18.4 Å². The molecule has 1 aliphatic rings. The van der Waals surface area contributed by atoms with Gasteiger partial charge in [0.05, 0.1) is 6.20 Å². The number of anilines is 1. The molecule has 3 rings (SSSR count). The summed E-state index contributed by atoms with van der Waals surface area (Å²) < 4.78 is 30.5. The first-order valence-corrected chi connectivity index (χ1v) is 10.9. The molecule has 0 unspecified atom stereocenters. The zero-order valence-corrected chi connectivity index (χ0v) is 16.7. The minimum Gasteiger partial charge on any atom is -0.345 e. The lowest BCUT2D eigenvalue weighted by Crippen LogP contribution is -2.35. The van der Waals surface area contributed by atoms with E-state index in [0.717, 1.165) is 38.6 Å². The summed E-state index contributed by atoms with van der Waals surface area (Å²) in [5.74, 6) is 0.255. The molecule has 9 heteroatoms. The average Bonchev–Trinajstić information content (AvgIpc) is 3.27. The number of piperidine rings is 1. The molecular formula is C18H27N5O3S. The molecule has 0 bridgehead atoms. The number of aromatic nitrogens is 3. The van der Waals surface area contributed by atoms with Gasteiger partial charge < -0.3 is 9.88 Å². The van der Waals surface area contributed by atoms with Gasteiger partial charge >= 0.3 is 0 Å². The fraction of sp³-hybridized carbons (Fsp3) is 0.556. The molecule has 0 aromatic carbocycles. The van der Waals surface area contributed by atoms with Gasteiger partial charge in [-0.05, 0) is 25.3 Å². The van der Waals surface area contributed by atoms with Gasteiger partial charge in [-0.1, -0.05) is 19.8 Å². The van der Waals surface area contributed by atoms with E-state index in [1.54, 1.807) is 28.6 Å². The molecule has 1 fully saturated rings. The average molecular weight is 394 g/mol. The van der Waals surface area contributed by atoms with E-state index in [0.29, 0.717) is 24.6 Å². The fourth-order valence-corrected chi connectivity index (χ4v) is 4.85. The van der Waals surface area contributed by atoms with Crippen LogP contribution in [0.5, 0.6) is 0 Å². The van der Waals surface area contributed by atoms with Gasteiger partial charge in [0.15, 0.2) is 0 Å². The molecule has 27 heavy (non-hydrogen) atoms. The third-order valence-corrected chi connectivity index (χ3v) is 6.71. The zero-order chi connectivity index (χ0) is 19.4. The van der Waals surface area contributed by atoms with Crippen LogP contribution < -0.4 is 5.32 Å². The number of hydrogen-bond acceptors (Lipinski definition) is 4. The first kappa shape index (κ1) is 19.6. The molecule has 1 aliphatic heterocycles. The first-order valence-electron chi connectivity index (χ1n) is 9.43. The van der Waals surface area contributed by atoms with Crippen molar-refractivity contribution in [3.8, 4) is 0 Å². The molecule has 0 radical (unpaired) electrons. The van der Waals surface area contributed by atoms with Crippen molar-refractivity contribution in [2.45, 2.75) is 50.5 Å². The molecule has 1 saturated heterocycles. The number of sulfonamides is 1. The molecule has 148 valence electrons. The Kier molecular flexibility index (Phi) is 6.01. The Hall–Kier alpha value is -2.13. The lowest BCUT2D eigenvalue weighted by atomic mass is 10.2. The maximum atomic E-state index is 12.8. The van der Waals surface area contributed by atoms with Gasteiger partial charge in [-0.3, -0.25) is 4.79 Å². The second kappa shape index (κ2) is 8.26. The summed E-state index contributed by atoms with van der Waals surface area (Å²) in [5.41, 5.74) is 0.300. The van der Waals surface area contributed by atoms with Crippen molar-refractivity contribution < 1.29 is 13.2 Å². The smallest absolute Gasteiger partial charge is 0.273 e. The molecule has 0 spiro atoms. The lowest BCUT2D eigenvalue weighted by molar-refractivity contribution is 0.101. The Morgan fingerprint density at radius 3 is 2.70 bits per heavy atom. The summed E-state index contributed by atoms with van der Waals surface area (Å²) in [5, 5.41) is 7.05. The topological polar surface area (TPSA) is 89.2 Å². The van der Waals surface area contributed by atoms with Crippen molar-refractivity contribution in [1.82, 2.24) is 18.7 Å². The van der Waals surface area contributed by atoms with Crippen LogP contribution in [0.2, 0.25) is 0 Å². The fourth-order valence-electron chi connectivity index (χ4n) is 3.26. The van der Waals surface area contributed by atoms with Gasteiger partial charge in [-0.2, -0.15) is 9.40 Å². The van der Waals surface area contributed by atoms with Crippen LogP contribution in [0.3, 0.4) is 0 Å². The third-order valence-electron chi connectivity index (χ3n) is 4.85. The van der Waals surface area contributed by atoms with E-state index < -0.39 is 10.0 Å². The Bertz CT molecular complexity index is 894. The third kappa shape index (κ3) is 4.24. The number of rotatable bonds is 7. The van der Waals surface area contributed by atoms with Crippen molar-refractivity contribution in [3.63, 3.8) is 0 Å². The minimum atomic E-state index is -3.56. The van der Waals surface area contributed by atoms with E-state index in [-0.39, 0.29) is 10.8 Å². The van der Waals surface area contributed by atoms with Crippen LogP contribution in [0.25, 0.3) is 0 Å². The first-order chi connectivity index (χ1) is 12.9. The number of nitrogens with zero attached hydrogens (tertiary/aromatic N) is 4. The largest absolute Gasteiger partial charge is 0.345 e. The number of hydrogen-bond donors (Lipinski definition) is 1. The van der Waals surface area contributed by atoms with Gasteiger partial charge in [0.25, 0.3) is 5.91 Å². The number of nitrogens with one attached hydrogen (secondary N) is 1. The number of aryl methyl sites for hydroxylation is 2. The second-order valence-corrected chi connectivity index (χ2v) is 8.82. The number of unbranched alkanes of at least 4 members (excludes halogenated alkanes) is 1. The summed E-state index contributed by atoms with van der Waals surface area (Å²) >= 11 is 0. The Balaban J connectivity index is 1.78. The summed E-state index contributed by atoms with van der Waals surface area (Å²) in [6.45, 7) is 3.89. The summed E-state index contributed by atoms with van der Waals surface area (Å²) in [4.78, 5) is 12.9. The molecule has 0 saturated carbocycles. The maximum absolute atomic E-state index is 12.8. The van der Waals surface area contributed by atoms with Gasteiger partial charge in [0.1, 0.15) is 16.4 Å². The molecular weight excluding hydrogens is 366 g/mol. The van der Waals surface area contributed by atoms with E-state index in [9.17, 15) is 13.2 Å². The highest BCUT2D eigenvalue weighted by atomic mass is 32.2. The van der Waals surface area contributed by atoms with Crippen LogP contribution in [0.1, 0.15) is 49.5 Å². The molecule has 2 aromatic rings. The zero-order valence-electron chi connectivity index (χ0n) is 15.9. The quantitative estimate of drug-likeness (QED) is 0.782. The van der Waals surface area contributed by atoms with Gasteiger partial charge in [-0.15, -0.1) is 0 Å². The van der Waals surface area contributed by atoms with E-state index in [1.165, 1.54) is 16.6 Å². The molecule has 3 heterocycles. The predicted octanol–water partition coefficient (Wildman–Crippen LogP) is 2.45. The van der Waals surface area contributed by atoms with Crippen molar-refractivity contribution in [3.05, 3.63) is 30.2 Å². The van der Waals surface area contributed by atoms with E-state index >= 15 is 0 Å². The highest BCUT2D eigenvalue weighted by Gasteiger charge is 2.28. The molecule has 0 atom stereocenters. The van der Waals surface area contributed by atoms with Crippen LogP contribution in [0.4, 0.5) is 5.82 Å². The van der Waals surface area contributed by atoms with Crippen LogP contribution in [-0.2, 0) is 23.6 Å². The number of carbonyl (C=O) groups excluding carboxylic acids is 1. The standard InChI is InChI=1S/C18H27N5O3S/c1-3-4-12-23-17(8-9-19-23)20-18(24)16-13-15(14-21(16)2)27(25,26)22-10-6-5-7-11-22/h8-9,13-14H,3-7,10-12H2,1-2H3,(H,20,24). The van der Waals surface area contributed by atoms with Crippen molar-refractivity contribution in [1.29, 1.82) is 0 Å². The molecule has 0 aliphatic carbocycles. The molecule has 2 aromatic heterocycles. The maximum Gasteiger partial charge on any atom is 0.273 e. The van der Waals surface area contributed by atoms with Gasteiger partial charge in [-0.25, -0.2) is 13.1 Å². The van der Waals surface area contributed by atoms with E-state index in [1.807, 2.05) is 0 Å². The highest BCUT2D eigenvalue weighted by Crippen LogP contribution is 2.22. The summed E-state index contributed by atoms with van der Waals surface area (Å²) in [7, 11) is -1.89. The van der Waals surface area contributed by atoms with Gasteiger partial charge in [0.2, 0.25) is 10.0 Å². The van der Waals surface area contributed by atoms with Crippen LogP contribution >= 0.6 is 0 Å². The Labute approximate surface area is 160 Å². The van der Waals surface area contributed by atoms with Gasteiger partial charge in [0, 0.05) is 38.9 Å². The Morgan fingerprint density at radius 2 is 2.00 bits per heavy atom.